The molecule has 0 aliphatic rings. The van der Waals surface area contributed by atoms with E-state index in [4.69, 9.17) is 0 Å². The standard InChI is InChI=1S/C17H16N2O4/c1-2-15(20)18-12-7-5-6-11(10-12)16(21)19-14-9-4-3-8-13(14)17(22)23/h3-10H,2H2,1H3,(H,18,20)(H,19,21)(H,22,23)/p-1. The summed E-state index contributed by atoms with van der Waals surface area (Å²) in [5.41, 5.74) is 0.849. The van der Waals surface area contributed by atoms with Crippen molar-refractivity contribution in [1.82, 2.24) is 0 Å². The lowest BCUT2D eigenvalue weighted by atomic mass is 10.1. The molecule has 6 nitrogen and oxygen atoms in total. The molecule has 0 unspecified atom stereocenters. The molecule has 23 heavy (non-hydrogen) atoms. The Kier molecular flexibility index (Phi) is 5.09. The van der Waals surface area contributed by atoms with E-state index in [1.54, 1.807) is 37.3 Å². The highest BCUT2D eigenvalue weighted by atomic mass is 16.4. The first kappa shape index (κ1) is 16.2. The molecule has 0 aliphatic heterocycles. The molecule has 2 N–H and O–H groups in total. The summed E-state index contributed by atoms with van der Waals surface area (Å²) in [6.45, 7) is 1.72. The summed E-state index contributed by atoms with van der Waals surface area (Å²) in [6.07, 6.45) is 0.329. The van der Waals surface area contributed by atoms with Crippen LogP contribution < -0.4 is 15.7 Å². The predicted molar refractivity (Wildman–Crippen MR) is 84.1 cm³/mol. The number of aromatic carboxylic acids is 1. The molecule has 0 heterocycles. The Hall–Kier alpha value is -3.15. The monoisotopic (exact) mass is 311 g/mol. The molecule has 0 radical (unpaired) electrons. The molecular formula is C17H15N2O4-. The molecule has 2 aromatic carbocycles. The summed E-state index contributed by atoms with van der Waals surface area (Å²) in [4.78, 5) is 34.7. The van der Waals surface area contributed by atoms with Gasteiger partial charge in [0.25, 0.3) is 5.91 Å². The maximum atomic E-state index is 12.3. The molecule has 0 saturated heterocycles. The van der Waals surface area contributed by atoms with E-state index in [0.29, 0.717) is 17.7 Å². The van der Waals surface area contributed by atoms with Gasteiger partial charge in [-0.05, 0) is 24.3 Å². The summed E-state index contributed by atoms with van der Waals surface area (Å²) < 4.78 is 0. The third-order valence-corrected chi connectivity index (χ3v) is 3.12. The Morgan fingerprint density at radius 3 is 2.43 bits per heavy atom. The van der Waals surface area contributed by atoms with Crippen molar-refractivity contribution in [1.29, 1.82) is 0 Å². The maximum absolute atomic E-state index is 12.3. The Morgan fingerprint density at radius 2 is 1.74 bits per heavy atom. The fourth-order valence-corrected chi connectivity index (χ4v) is 1.95. The molecule has 0 spiro atoms. The molecule has 6 heteroatoms. The second kappa shape index (κ2) is 7.22. The maximum Gasteiger partial charge on any atom is 0.255 e. The van der Waals surface area contributed by atoms with Gasteiger partial charge in [-0.1, -0.05) is 31.2 Å². The third-order valence-electron chi connectivity index (χ3n) is 3.12. The number of carbonyl (C=O) groups excluding carboxylic acids is 3. The molecule has 2 rings (SSSR count). The second-order valence-corrected chi connectivity index (χ2v) is 4.77. The van der Waals surface area contributed by atoms with Crippen LogP contribution in [0.5, 0.6) is 0 Å². The average Bonchev–Trinajstić information content (AvgIpc) is 2.55. The zero-order chi connectivity index (χ0) is 16.8. The van der Waals surface area contributed by atoms with E-state index in [0.717, 1.165) is 0 Å². The third kappa shape index (κ3) is 4.16. The van der Waals surface area contributed by atoms with Gasteiger partial charge in [-0.2, -0.15) is 0 Å². The number of anilines is 2. The minimum Gasteiger partial charge on any atom is -0.545 e. The fourth-order valence-electron chi connectivity index (χ4n) is 1.95. The van der Waals surface area contributed by atoms with Gasteiger partial charge in [0.1, 0.15) is 0 Å². The van der Waals surface area contributed by atoms with Crippen molar-refractivity contribution < 1.29 is 19.5 Å². The molecule has 2 aromatic rings. The van der Waals surface area contributed by atoms with Crippen LogP contribution in [0.2, 0.25) is 0 Å². The van der Waals surface area contributed by atoms with Crippen molar-refractivity contribution in [3.05, 3.63) is 59.7 Å². The van der Waals surface area contributed by atoms with Crippen molar-refractivity contribution >= 4 is 29.2 Å². The minimum atomic E-state index is -1.37. The highest BCUT2D eigenvalue weighted by Crippen LogP contribution is 2.17. The van der Waals surface area contributed by atoms with Crippen molar-refractivity contribution in [3.8, 4) is 0 Å². The number of para-hydroxylation sites is 1. The van der Waals surface area contributed by atoms with Crippen LogP contribution in [0.15, 0.2) is 48.5 Å². The molecule has 118 valence electrons. The Bertz CT molecular complexity index is 756. The first-order chi connectivity index (χ1) is 11.0. The molecule has 0 aromatic heterocycles. The van der Waals surface area contributed by atoms with Gasteiger partial charge in [0.15, 0.2) is 0 Å². The summed E-state index contributed by atoms with van der Waals surface area (Å²) >= 11 is 0. The van der Waals surface area contributed by atoms with E-state index < -0.39 is 11.9 Å². The molecule has 0 aliphatic carbocycles. The van der Waals surface area contributed by atoms with Gasteiger partial charge in [0.05, 0.1) is 11.7 Å². The molecule has 0 fully saturated rings. The first-order valence-corrected chi connectivity index (χ1v) is 7.03. The zero-order valence-electron chi connectivity index (χ0n) is 12.5. The van der Waals surface area contributed by atoms with Crippen molar-refractivity contribution in [3.63, 3.8) is 0 Å². The van der Waals surface area contributed by atoms with E-state index in [-0.39, 0.29) is 17.2 Å². The van der Waals surface area contributed by atoms with E-state index >= 15 is 0 Å². The SMILES string of the molecule is CCC(=O)Nc1cccc(C(=O)Nc2ccccc2C(=O)[O-])c1. The number of nitrogens with one attached hydrogen (secondary N) is 2. The van der Waals surface area contributed by atoms with Crippen LogP contribution in [-0.4, -0.2) is 17.8 Å². The molecular weight excluding hydrogens is 296 g/mol. The summed E-state index contributed by atoms with van der Waals surface area (Å²) in [6, 6.07) is 12.4. The predicted octanol–water partition coefficient (Wildman–Crippen LogP) is 1.65. The Balaban J connectivity index is 2.20. The lowest BCUT2D eigenvalue weighted by Crippen LogP contribution is -2.24. The normalized spacial score (nSPS) is 9.96. The highest BCUT2D eigenvalue weighted by molar-refractivity contribution is 6.08. The van der Waals surface area contributed by atoms with Gasteiger partial charge in [-0.15, -0.1) is 0 Å². The molecule has 0 saturated carbocycles. The van der Waals surface area contributed by atoms with Gasteiger partial charge in [0, 0.05) is 23.2 Å². The Labute approximate surface area is 133 Å². The Morgan fingerprint density at radius 1 is 1.00 bits per heavy atom. The van der Waals surface area contributed by atoms with Crippen LogP contribution in [0.25, 0.3) is 0 Å². The second-order valence-electron chi connectivity index (χ2n) is 4.77. The van der Waals surface area contributed by atoms with Crippen LogP contribution in [0, 0.1) is 0 Å². The van der Waals surface area contributed by atoms with Crippen LogP contribution in [0.4, 0.5) is 11.4 Å². The van der Waals surface area contributed by atoms with Crippen molar-refractivity contribution in [2.24, 2.45) is 0 Å². The summed E-state index contributed by atoms with van der Waals surface area (Å²) in [5, 5.41) is 16.2. The number of amides is 2. The smallest absolute Gasteiger partial charge is 0.255 e. The van der Waals surface area contributed by atoms with Crippen LogP contribution in [0.3, 0.4) is 0 Å². The van der Waals surface area contributed by atoms with Crippen LogP contribution in [0.1, 0.15) is 34.1 Å². The first-order valence-electron chi connectivity index (χ1n) is 7.03. The number of carboxylic acids is 1. The summed E-state index contributed by atoms with van der Waals surface area (Å²) in [5.74, 6) is -2.01. The minimum absolute atomic E-state index is 0.101. The lowest BCUT2D eigenvalue weighted by Gasteiger charge is -2.12. The van der Waals surface area contributed by atoms with Gasteiger partial charge in [0.2, 0.25) is 5.91 Å². The van der Waals surface area contributed by atoms with Crippen LogP contribution >= 0.6 is 0 Å². The van der Waals surface area contributed by atoms with Gasteiger partial charge in [-0.3, -0.25) is 9.59 Å². The number of benzene rings is 2. The van der Waals surface area contributed by atoms with Crippen LogP contribution in [-0.2, 0) is 4.79 Å². The topological polar surface area (TPSA) is 98.3 Å². The molecule has 2 amide bonds. The molecule has 0 atom stereocenters. The number of hydrogen-bond acceptors (Lipinski definition) is 4. The lowest BCUT2D eigenvalue weighted by molar-refractivity contribution is -0.254. The van der Waals surface area contributed by atoms with E-state index in [2.05, 4.69) is 10.6 Å². The van der Waals surface area contributed by atoms with Gasteiger partial charge in [-0.25, -0.2) is 0 Å². The fraction of sp³-hybridized carbons (Fsp3) is 0.118. The average molecular weight is 311 g/mol. The van der Waals surface area contributed by atoms with E-state index in [1.807, 2.05) is 0 Å². The number of carbonyl (C=O) groups is 3. The largest absolute Gasteiger partial charge is 0.545 e. The number of carboxylic acid groups (broad SMARTS) is 1. The van der Waals surface area contributed by atoms with Crippen molar-refractivity contribution in [2.45, 2.75) is 13.3 Å². The number of rotatable bonds is 5. The van der Waals surface area contributed by atoms with Crippen molar-refractivity contribution in [2.75, 3.05) is 10.6 Å². The molecule has 0 bridgehead atoms. The highest BCUT2D eigenvalue weighted by Gasteiger charge is 2.10. The quantitative estimate of drug-likeness (QED) is 0.877. The number of hydrogen-bond donors (Lipinski definition) is 2. The summed E-state index contributed by atoms with van der Waals surface area (Å²) in [7, 11) is 0. The van der Waals surface area contributed by atoms with E-state index in [1.165, 1.54) is 18.2 Å². The van der Waals surface area contributed by atoms with E-state index in [9.17, 15) is 19.5 Å². The van der Waals surface area contributed by atoms with Gasteiger partial charge >= 0.3 is 0 Å². The zero-order valence-corrected chi connectivity index (χ0v) is 12.5. The van der Waals surface area contributed by atoms with Gasteiger partial charge < -0.3 is 20.5 Å².